The molecule has 1 amide bonds. The third-order valence-corrected chi connectivity index (χ3v) is 2.44. The minimum atomic E-state index is -0.547. The molecule has 1 aromatic heterocycles. The number of carbonyl (C=O) groups excluding carboxylic acids is 1. The van der Waals surface area contributed by atoms with E-state index >= 15 is 0 Å². The SMILES string of the molecule is O=C(C=Cc1ccc(Cc2ncc[nH]2)cc1)NO. The molecule has 0 saturated heterocycles. The first-order chi connectivity index (χ1) is 8.78. The Morgan fingerprint density at radius 2 is 2.17 bits per heavy atom. The van der Waals surface area contributed by atoms with Gasteiger partial charge in [-0.1, -0.05) is 24.3 Å². The predicted octanol–water partition coefficient (Wildman–Crippen LogP) is 1.52. The lowest BCUT2D eigenvalue weighted by molar-refractivity contribution is -0.124. The van der Waals surface area contributed by atoms with Gasteiger partial charge in [-0.3, -0.25) is 10.0 Å². The van der Waals surface area contributed by atoms with E-state index in [0.29, 0.717) is 0 Å². The Hall–Kier alpha value is -2.40. The second-order valence-corrected chi connectivity index (χ2v) is 3.76. The van der Waals surface area contributed by atoms with Crippen LogP contribution < -0.4 is 5.48 Å². The molecule has 0 bridgehead atoms. The van der Waals surface area contributed by atoms with Gasteiger partial charge in [0.15, 0.2) is 0 Å². The van der Waals surface area contributed by atoms with Gasteiger partial charge in [-0.25, -0.2) is 10.5 Å². The first kappa shape index (κ1) is 12.1. The van der Waals surface area contributed by atoms with Gasteiger partial charge in [-0.2, -0.15) is 0 Å². The minimum Gasteiger partial charge on any atom is -0.348 e. The quantitative estimate of drug-likeness (QED) is 0.433. The van der Waals surface area contributed by atoms with Gasteiger partial charge in [-0.15, -0.1) is 0 Å². The molecule has 0 aliphatic rings. The van der Waals surface area contributed by atoms with Gasteiger partial charge in [0.1, 0.15) is 5.82 Å². The molecule has 0 aliphatic heterocycles. The largest absolute Gasteiger partial charge is 0.348 e. The minimum absolute atomic E-state index is 0.547. The van der Waals surface area contributed by atoms with Crippen LogP contribution in [0.5, 0.6) is 0 Å². The number of rotatable bonds is 4. The molecule has 1 heterocycles. The van der Waals surface area contributed by atoms with Gasteiger partial charge >= 0.3 is 0 Å². The summed E-state index contributed by atoms with van der Waals surface area (Å²) in [6.07, 6.45) is 7.15. The van der Waals surface area contributed by atoms with E-state index in [0.717, 1.165) is 23.4 Å². The molecule has 2 rings (SSSR count). The Kier molecular flexibility index (Phi) is 3.88. The van der Waals surface area contributed by atoms with E-state index in [9.17, 15) is 4.79 Å². The number of aromatic nitrogens is 2. The fourth-order valence-corrected chi connectivity index (χ4v) is 1.54. The summed E-state index contributed by atoms with van der Waals surface area (Å²) in [5, 5.41) is 8.34. The van der Waals surface area contributed by atoms with Crippen molar-refractivity contribution >= 4 is 12.0 Å². The molecule has 92 valence electrons. The van der Waals surface area contributed by atoms with Crippen LogP contribution in [0.3, 0.4) is 0 Å². The van der Waals surface area contributed by atoms with E-state index in [-0.39, 0.29) is 0 Å². The van der Waals surface area contributed by atoms with Crippen molar-refractivity contribution in [1.82, 2.24) is 15.4 Å². The van der Waals surface area contributed by atoms with Crippen molar-refractivity contribution in [1.29, 1.82) is 0 Å². The van der Waals surface area contributed by atoms with Crippen LogP contribution in [0.15, 0.2) is 42.7 Å². The van der Waals surface area contributed by atoms with E-state index < -0.39 is 5.91 Å². The van der Waals surface area contributed by atoms with Crippen molar-refractivity contribution < 1.29 is 10.0 Å². The second kappa shape index (κ2) is 5.79. The lowest BCUT2D eigenvalue weighted by Crippen LogP contribution is -2.14. The number of H-pyrrole nitrogens is 1. The number of aromatic amines is 1. The number of carbonyl (C=O) groups is 1. The molecule has 0 aliphatic carbocycles. The molecule has 2 aromatic rings. The molecule has 0 unspecified atom stereocenters. The molecule has 5 nitrogen and oxygen atoms in total. The Labute approximate surface area is 104 Å². The zero-order valence-corrected chi connectivity index (χ0v) is 9.63. The van der Waals surface area contributed by atoms with Crippen molar-refractivity contribution in [3.05, 3.63) is 59.7 Å². The zero-order chi connectivity index (χ0) is 12.8. The highest BCUT2D eigenvalue weighted by Crippen LogP contribution is 2.09. The standard InChI is InChI=1S/C13H13N3O2/c17-13(16-18)6-5-10-1-3-11(4-2-10)9-12-14-7-8-15-12/h1-8,18H,9H2,(H,14,15)(H,16,17). The van der Waals surface area contributed by atoms with E-state index in [1.54, 1.807) is 18.5 Å². The van der Waals surface area contributed by atoms with Crippen LogP contribution in [-0.2, 0) is 11.2 Å². The fraction of sp³-hybridized carbons (Fsp3) is 0.0769. The fourth-order valence-electron chi connectivity index (χ4n) is 1.54. The topological polar surface area (TPSA) is 78.0 Å². The van der Waals surface area contributed by atoms with Gasteiger partial charge < -0.3 is 4.98 Å². The van der Waals surface area contributed by atoms with Crippen molar-refractivity contribution in [3.8, 4) is 0 Å². The predicted molar refractivity (Wildman–Crippen MR) is 66.8 cm³/mol. The number of benzene rings is 1. The van der Waals surface area contributed by atoms with E-state index in [1.165, 1.54) is 11.6 Å². The maximum atomic E-state index is 10.8. The Morgan fingerprint density at radius 1 is 1.39 bits per heavy atom. The summed E-state index contributed by atoms with van der Waals surface area (Å²) in [6, 6.07) is 7.75. The highest BCUT2D eigenvalue weighted by atomic mass is 16.5. The van der Waals surface area contributed by atoms with Gasteiger partial charge in [0.25, 0.3) is 5.91 Å². The molecule has 5 heteroatoms. The van der Waals surface area contributed by atoms with Crippen LogP contribution >= 0.6 is 0 Å². The van der Waals surface area contributed by atoms with Gasteiger partial charge in [0, 0.05) is 24.9 Å². The average molecular weight is 243 g/mol. The summed E-state index contributed by atoms with van der Waals surface area (Å²) in [4.78, 5) is 18.0. The maximum absolute atomic E-state index is 10.8. The van der Waals surface area contributed by atoms with Crippen LogP contribution in [0.25, 0.3) is 6.08 Å². The Bertz CT molecular complexity index is 530. The average Bonchev–Trinajstić information content (AvgIpc) is 2.90. The van der Waals surface area contributed by atoms with Gasteiger partial charge in [-0.05, 0) is 17.2 Å². The maximum Gasteiger partial charge on any atom is 0.267 e. The van der Waals surface area contributed by atoms with E-state index in [2.05, 4.69) is 9.97 Å². The second-order valence-electron chi connectivity index (χ2n) is 3.76. The van der Waals surface area contributed by atoms with Crippen LogP contribution in [0.1, 0.15) is 17.0 Å². The Morgan fingerprint density at radius 3 is 2.78 bits per heavy atom. The summed E-state index contributed by atoms with van der Waals surface area (Å²) in [5.41, 5.74) is 3.56. The molecule has 1 aromatic carbocycles. The lowest BCUT2D eigenvalue weighted by Gasteiger charge is -1.99. The first-order valence-corrected chi connectivity index (χ1v) is 5.47. The first-order valence-electron chi connectivity index (χ1n) is 5.47. The van der Waals surface area contributed by atoms with Crippen LogP contribution in [0.2, 0.25) is 0 Å². The molecule has 0 saturated carbocycles. The summed E-state index contributed by atoms with van der Waals surface area (Å²) < 4.78 is 0. The van der Waals surface area contributed by atoms with Crippen molar-refractivity contribution in [2.45, 2.75) is 6.42 Å². The monoisotopic (exact) mass is 243 g/mol. The van der Waals surface area contributed by atoms with Gasteiger partial charge in [0.05, 0.1) is 0 Å². The zero-order valence-electron chi connectivity index (χ0n) is 9.63. The van der Waals surface area contributed by atoms with Crippen LogP contribution in [0.4, 0.5) is 0 Å². The molecule has 0 atom stereocenters. The highest BCUT2D eigenvalue weighted by Gasteiger charge is 1.98. The summed E-state index contributed by atoms with van der Waals surface area (Å²) in [5.74, 6) is 0.368. The highest BCUT2D eigenvalue weighted by molar-refractivity contribution is 5.90. The third-order valence-electron chi connectivity index (χ3n) is 2.44. The van der Waals surface area contributed by atoms with Crippen molar-refractivity contribution in [2.24, 2.45) is 0 Å². The third kappa shape index (κ3) is 3.29. The summed E-state index contributed by atoms with van der Waals surface area (Å²) >= 11 is 0. The van der Waals surface area contributed by atoms with E-state index in [1.807, 2.05) is 24.3 Å². The number of nitrogens with zero attached hydrogens (tertiary/aromatic N) is 1. The molecule has 3 N–H and O–H groups in total. The van der Waals surface area contributed by atoms with Crippen LogP contribution in [0, 0.1) is 0 Å². The number of nitrogens with one attached hydrogen (secondary N) is 2. The van der Waals surface area contributed by atoms with Crippen LogP contribution in [-0.4, -0.2) is 21.1 Å². The Balaban J connectivity index is 2.01. The molecule has 0 spiro atoms. The number of hydrogen-bond donors (Lipinski definition) is 3. The number of hydroxylamine groups is 1. The van der Waals surface area contributed by atoms with Crippen molar-refractivity contribution in [3.63, 3.8) is 0 Å². The molecule has 18 heavy (non-hydrogen) atoms. The lowest BCUT2D eigenvalue weighted by atomic mass is 10.1. The molecular weight excluding hydrogens is 230 g/mol. The van der Waals surface area contributed by atoms with Gasteiger partial charge in [0.2, 0.25) is 0 Å². The molecule has 0 fully saturated rings. The van der Waals surface area contributed by atoms with Crippen molar-refractivity contribution in [2.75, 3.05) is 0 Å². The molecular formula is C13H13N3O2. The summed E-state index contributed by atoms with van der Waals surface area (Å²) in [7, 11) is 0. The number of amides is 1. The summed E-state index contributed by atoms with van der Waals surface area (Å²) in [6.45, 7) is 0. The number of imidazole rings is 1. The molecule has 0 radical (unpaired) electrons. The smallest absolute Gasteiger partial charge is 0.267 e. The normalized spacial score (nSPS) is 10.7. The van der Waals surface area contributed by atoms with E-state index in [4.69, 9.17) is 5.21 Å². The number of hydrogen-bond acceptors (Lipinski definition) is 3.